The van der Waals surface area contributed by atoms with Crippen molar-refractivity contribution in [3.63, 3.8) is 0 Å². The predicted octanol–water partition coefficient (Wildman–Crippen LogP) is 7.36. The number of carbonyl (C=O) groups is 1. The van der Waals surface area contributed by atoms with Gasteiger partial charge in [0.15, 0.2) is 0 Å². The number of fused-ring (bicyclic) bond motifs is 2. The zero-order chi connectivity index (χ0) is 29.1. The van der Waals surface area contributed by atoms with E-state index in [1.165, 1.54) is 0 Å². The summed E-state index contributed by atoms with van der Waals surface area (Å²) >= 11 is 4.14. The van der Waals surface area contributed by atoms with Gasteiger partial charge in [-0.25, -0.2) is 20.0 Å². The monoisotopic (exact) mass is 565 g/mol. The van der Waals surface area contributed by atoms with Crippen LogP contribution in [0.5, 0.6) is 0 Å². The van der Waals surface area contributed by atoms with Crippen molar-refractivity contribution in [2.24, 2.45) is 12.3 Å². The molecule has 0 aliphatic heterocycles. The smallest absolute Gasteiger partial charge is 0.336 e. The molecule has 0 unspecified atom stereocenters. The number of hydrogen-bond acceptors (Lipinski definition) is 4. The Morgan fingerprint density at radius 1 is 0.902 bits per heavy atom. The Labute approximate surface area is 244 Å². The SMILES string of the molecule is CCCc1nc2c(C)cc(-c3nc4ccccc4n3C)cc2n1Cc1ccc(-c2ccccc2C(=O)O)cc1.NCl. The van der Waals surface area contributed by atoms with Crippen molar-refractivity contribution in [2.45, 2.75) is 33.2 Å². The van der Waals surface area contributed by atoms with Crippen LogP contribution in [0.1, 0.15) is 40.7 Å². The summed E-state index contributed by atoms with van der Waals surface area (Å²) in [5.74, 6) is 1.08. The van der Waals surface area contributed by atoms with Gasteiger partial charge in [0.25, 0.3) is 0 Å². The molecule has 4 aromatic carbocycles. The number of nitrogens with two attached hydrogens (primary N) is 1. The maximum absolute atomic E-state index is 11.7. The highest BCUT2D eigenvalue weighted by Gasteiger charge is 2.17. The Bertz CT molecular complexity index is 1850. The first-order valence-electron chi connectivity index (χ1n) is 13.5. The number of carboxylic acids is 1. The summed E-state index contributed by atoms with van der Waals surface area (Å²) in [7, 11) is 2.06. The molecule has 0 aliphatic carbocycles. The highest BCUT2D eigenvalue weighted by molar-refractivity contribution is 6.11. The van der Waals surface area contributed by atoms with E-state index in [-0.39, 0.29) is 0 Å². The lowest BCUT2D eigenvalue weighted by molar-refractivity contribution is 0.0697. The number of aromatic carboxylic acids is 1. The van der Waals surface area contributed by atoms with E-state index in [9.17, 15) is 9.90 Å². The first-order valence-corrected chi connectivity index (χ1v) is 13.9. The van der Waals surface area contributed by atoms with Gasteiger partial charge in [-0.3, -0.25) is 0 Å². The van der Waals surface area contributed by atoms with Gasteiger partial charge in [0, 0.05) is 25.6 Å². The number of halogens is 1. The summed E-state index contributed by atoms with van der Waals surface area (Å²) in [5, 5.41) is 13.6. The molecule has 0 atom stereocenters. The maximum Gasteiger partial charge on any atom is 0.336 e. The van der Waals surface area contributed by atoms with Gasteiger partial charge in [0.1, 0.15) is 11.6 Å². The topological polar surface area (TPSA) is 99.0 Å². The number of para-hydroxylation sites is 2. The van der Waals surface area contributed by atoms with Crippen molar-refractivity contribution in [2.75, 3.05) is 0 Å². The zero-order valence-corrected chi connectivity index (χ0v) is 24.1. The third kappa shape index (κ3) is 5.34. The highest BCUT2D eigenvalue weighted by atomic mass is 35.5. The molecule has 2 heterocycles. The summed E-state index contributed by atoms with van der Waals surface area (Å²) in [4.78, 5) is 21.7. The van der Waals surface area contributed by atoms with Crippen LogP contribution in [0.4, 0.5) is 0 Å². The van der Waals surface area contributed by atoms with Crippen LogP contribution in [-0.2, 0) is 20.0 Å². The van der Waals surface area contributed by atoms with Gasteiger partial charge in [0.2, 0.25) is 0 Å². The number of carboxylic acid groups (broad SMARTS) is 1. The minimum absolute atomic E-state index is 0.307. The zero-order valence-electron chi connectivity index (χ0n) is 23.3. The molecular weight excluding hydrogens is 534 g/mol. The van der Waals surface area contributed by atoms with Crippen molar-refractivity contribution in [3.8, 4) is 22.5 Å². The van der Waals surface area contributed by atoms with E-state index in [2.05, 4.69) is 77.4 Å². The highest BCUT2D eigenvalue weighted by Crippen LogP contribution is 2.31. The number of aromatic nitrogens is 4. The molecule has 41 heavy (non-hydrogen) atoms. The quantitative estimate of drug-likeness (QED) is 0.197. The Hall–Kier alpha value is -4.46. The standard InChI is InChI=1S/C33H30N4O2.ClH2N/c1-4-9-30-35-31-21(2)18-24(32-34-27-12-7-8-13-28(27)36(32)3)19-29(31)37(30)20-22-14-16-23(17-15-22)25-10-5-6-11-26(25)33(38)39;1-2/h5-8,10-19H,4,9,20H2,1-3H3,(H,38,39);2H2. The lowest BCUT2D eigenvalue weighted by atomic mass is 9.98. The van der Waals surface area contributed by atoms with Gasteiger partial charge in [0.05, 0.1) is 27.6 Å². The van der Waals surface area contributed by atoms with E-state index in [4.69, 9.17) is 9.97 Å². The number of aryl methyl sites for hydroxylation is 3. The van der Waals surface area contributed by atoms with E-state index in [1.807, 2.05) is 42.5 Å². The largest absolute Gasteiger partial charge is 0.478 e. The van der Waals surface area contributed by atoms with Crippen LogP contribution in [0.15, 0.2) is 84.9 Å². The molecule has 6 aromatic rings. The Morgan fingerprint density at radius 2 is 1.61 bits per heavy atom. The summed E-state index contributed by atoms with van der Waals surface area (Å²) < 4.78 is 4.47. The number of imidazole rings is 2. The van der Waals surface area contributed by atoms with Crippen molar-refractivity contribution >= 4 is 39.8 Å². The molecule has 8 heteroatoms. The van der Waals surface area contributed by atoms with Crippen LogP contribution >= 0.6 is 11.8 Å². The van der Waals surface area contributed by atoms with Gasteiger partial charge in [-0.1, -0.05) is 61.5 Å². The number of nitrogens with zero attached hydrogens (tertiary/aromatic N) is 4. The van der Waals surface area contributed by atoms with Gasteiger partial charge in [-0.2, -0.15) is 0 Å². The van der Waals surface area contributed by atoms with Crippen LogP contribution in [0.2, 0.25) is 0 Å². The van der Waals surface area contributed by atoms with Gasteiger partial charge >= 0.3 is 5.97 Å². The van der Waals surface area contributed by atoms with Crippen LogP contribution in [0, 0.1) is 6.92 Å². The van der Waals surface area contributed by atoms with Gasteiger partial charge in [-0.05, 0) is 77.7 Å². The first-order chi connectivity index (χ1) is 19.9. The van der Waals surface area contributed by atoms with Crippen molar-refractivity contribution in [3.05, 3.63) is 107 Å². The van der Waals surface area contributed by atoms with E-state index in [0.717, 1.165) is 74.4 Å². The third-order valence-electron chi connectivity index (χ3n) is 7.41. The Morgan fingerprint density at radius 3 is 2.32 bits per heavy atom. The fraction of sp³-hybridized carbons (Fsp3) is 0.182. The second-order valence-corrected chi connectivity index (χ2v) is 10.1. The third-order valence-corrected chi connectivity index (χ3v) is 7.41. The molecule has 0 fully saturated rings. The van der Waals surface area contributed by atoms with E-state index >= 15 is 0 Å². The minimum Gasteiger partial charge on any atom is -0.478 e. The second-order valence-electron chi connectivity index (χ2n) is 10.1. The van der Waals surface area contributed by atoms with Crippen molar-refractivity contribution in [1.82, 2.24) is 19.1 Å². The molecule has 3 N–H and O–H groups in total. The van der Waals surface area contributed by atoms with Crippen molar-refractivity contribution < 1.29 is 9.90 Å². The van der Waals surface area contributed by atoms with Crippen LogP contribution < -0.4 is 5.25 Å². The number of hydrogen-bond donors (Lipinski definition) is 2. The Kier molecular flexibility index (Phi) is 8.19. The molecule has 0 radical (unpaired) electrons. The molecule has 0 spiro atoms. The molecule has 0 amide bonds. The second kappa shape index (κ2) is 12.0. The summed E-state index contributed by atoms with van der Waals surface area (Å²) in [6, 6.07) is 27.9. The molecule has 0 aliphatic rings. The maximum atomic E-state index is 11.7. The first kappa shape index (κ1) is 28.1. The molecule has 7 nitrogen and oxygen atoms in total. The lowest BCUT2D eigenvalue weighted by Gasteiger charge is -2.12. The summed E-state index contributed by atoms with van der Waals surface area (Å²) in [6.45, 7) is 4.98. The molecule has 0 saturated heterocycles. The molecule has 0 saturated carbocycles. The predicted molar refractivity (Wildman–Crippen MR) is 166 cm³/mol. The van der Waals surface area contributed by atoms with Crippen LogP contribution in [-0.4, -0.2) is 30.2 Å². The lowest BCUT2D eigenvalue weighted by Crippen LogP contribution is -2.05. The van der Waals surface area contributed by atoms with E-state index in [0.29, 0.717) is 12.1 Å². The summed E-state index contributed by atoms with van der Waals surface area (Å²) in [5.41, 5.74) is 9.46. The molecule has 208 valence electrons. The molecule has 0 bridgehead atoms. The molecular formula is C33H32ClN5O2. The normalized spacial score (nSPS) is 11.0. The number of benzene rings is 4. The van der Waals surface area contributed by atoms with E-state index in [1.54, 1.807) is 12.1 Å². The fourth-order valence-corrected chi connectivity index (χ4v) is 5.46. The minimum atomic E-state index is -0.921. The van der Waals surface area contributed by atoms with Crippen LogP contribution in [0.3, 0.4) is 0 Å². The van der Waals surface area contributed by atoms with Gasteiger partial charge in [-0.15, -0.1) is 0 Å². The summed E-state index contributed by atoms with van der Waals surface area (Å²) in [6.07, 6.45) is 1.89. The average molecular weight is 566 g/mol. The van der Waals surface area contributed by atoms with Crippen LogP contribution in [0.25, 0.3) is 44.6 Å². The molecule has 6 rings (SSSR count). The average Bonchev–Trinajstić information content (AvgIpc) is 3.52. The van der Waals surface area contributed by atoms with E-state index < -0.39 is 5.97 Å². The Balaban J connectivity index is 0.00000165. The fourth-order valence-electron chi connectivity index (χ4n) is 5.46. The van der Waals surface area contributed by atoms with Crippen molar-refractivity contribution in [1.29, 1.82) is 0 Å². The number of rotatable bonds is 7. The van der Waals surface area contributed by atoms with Gasteiger partial charge < -0.3 is 14.2 Å². The molecule has 2 aromatic heterocycles.